The number of hydrogen-bond acceptors (Lipinski definition) is 6. The lowest BCUT2D eigenvalue weighted by Gasteiger charge is -2.36. The Hall–Kier alpha value is -2.54. The Morgan fingerprint density at radius 2 is 2.11 bits per heavy atom. The molecule has 0 spiro atoms. The maximum atomic E-state index is 12.6. The Labute approximate surface area is 157 Å². The van der Waals surface area contributed by atoms with Crippen LogP contribution in [-0.2, 0) is 11.2 Å². The third-order valence-corrected chi connectivity index (χ3v) is 5.53. The SMILES string of the molecule is Cc1noc(C)c1CCC(=O)N1CC[C@H](c2ccc3c(c2)OCO3)[C@@H](O)C1. The smallest absolute Gasteiger partial charge is 0.231 e. The predicted molar refractivity (Wildman–Crippen MR) is 96.8 cm³/mol. The van der Waals surface area contributed by atoms with Gasteiger partial charge in [0.2, 0.25) is 12.7 Å². The fourth-order valence-electron chi connectivity index (χ4n) is 3.94. The van der Waals surface area contributed by atoms with E-state index < -0.39 is 6.10 Å². The highest BCUT2D eigenvalue weighted by Crippen LogP contribution is 2.37. The molecule has 0 unspecified atom stereocenters. The zero-order chi connectivity index (χ0) is 19.0. The third kappa shape index (κ3) is 3.51. The predicted octanol–water partition coefficient (Wildman–Crippen LogP) is 2.33. The molecule has 1 fully saturated rings. The van der Waals surface area contributed by atoms with Gasteiger partial charge in [-0.2, -0.15) is 0 Å². The largest absolute Gasteiger partial charge is 0.454 e. The van der Waals surface area contributed by atoms with E-state index in [4.69, 9.17) is 14.0 Å². The second-order valence-corrected chi connectivity index (χ2v) is 7.22. The number of carbonyl (C=O) groups is 1. The van der Waals surface area contributed by atoms with Gasteiger partial charge in [0.15, 0.2) is 11.5 Å². The van der Waals surface area contributed by atoms with Gasteiger partial charge in [0.1, 0.15) is 5.76 Å². The van der Waals surface area contributed by atoms with E-state index in [-0.39, 0.29) is 18.6 Å². The maximum absolute atomic E-state index is 12.6. The second kappa shape index (κ2) is 7.23. The average Bonchev–Trinajstić information content (AvgIpc) is 3.25. The van der Waals surface area contributed by atoms with E-state index in [1.54, 1.807) is 4.90 Å². The number of aromatic nitrogens is 1. The molecule has 1 saturated heterocycles. The minimum absolute atomic E-state index is 0.00823. The molecular weight excluding hydrogens is 348 g/mol. The van der Waals surface area contributed by atoms with Gasteiger partial charge in [-0.15, -0.1) is 0 Å². The Morgan fingerprint density at radius 1 is 1.30 bits per heavy atom. The lowest BCUT2D eigenvalue weighted by atomic mass is 9.86. The standard InChI is InChI=1S/C20H24N2O5/c1-12-15(13(2)27-21-12)4-6-20(24)22-8-7-16(17(23)10-22)14-3-5-18-19(9-14)26-11-25-18/h3,5,9,16-17,23H,4,6-8,10-11H2,1-2H3/t16-,17+/m1/s1. The fraction of sp³-hybridized carbons (Fsp3) is 0.500. The Bertz CT molecular complexity index is 827. The number of fused-ring (bicyclic) bond motifs is 1. The van der Waals surface area contributed by atoms with E-state index in [1.807, 2.05) is 32.0 Å². The number of likely N-dealkylation sites (tertiary alicyclic amines) is 1. The molecule has 0 radical (unpaired) electrons. The number of β-amino-alcohol motifs (C(OH)–C–C–N with tert-alkyl or cyclic N) is 1. The summed E-state index contributed by atoms with van der Waals surface area (Å²) in [5.41, 5.74) is 2.86. The van der Waals surface area contributed by atoms with Gasteiger partial charge < -0.3 is 24.0 Å². The molecule has 2 aliphatic heterocycles. The van der Waals surface area contributed by atoms with Crippen molar-refractivity contribution in [2.75, 3.05) is 19.9 Å². The molecule has 1 aromatic heterocycles. The molecule has 2 aromatic rings. The van der Waals surface area contributed by atoms with Gasteiger partial charge in [-0.1, -0.05) is 11.2 Å². The lowest BCUT2D eigenvalue weighted by Crippen LogP contribution is -2.45. The number of aliphatic hydroxyl groups excluding tert-OH is 1. The molecule has 7 nitrogen and oxygen atoms in total. The van der Waals surface area contributed by atoms with Crippen molar-refractivity contribution in [1.29, 1.82) is 0 Å². The number of hydrogen-bond donors (Lipinski definition) is 1. The van der Waals surface area contributed by atoms with E-state index in [0.717, 1.165) is 40.5 Å². The first-order valence-electron chi connectivity index (χ1n) is 9.30. The average molecular weight is 372 g/mol. The van der Waals surface area contributed by atoms with Crippen LogP contribution in [0.2, 0.25) is 0 Å². The van der Waals surface area contributed by atoms with Gasteiger partial charge in [0.05, 0.1) is 11.8 Å². The Balaban J connectivity index is 1.36. The molecule has 2 aliphatic rings. The lowest BCUT2D eigenvalue weighted by molar-refractivity contribution is -0.134. The Morgan fingerprint density at radius 3 is 2.85 bits per heavy atom. The number of aryl methyl sites for hydroxylation is 2. The van der Waals surface area contributed by atoms with Crippen molar-refractivity contribution in [1.82, 2.24) is 10.1 Å². The number of rotatable bonds is 4. The van der Waals surface area contributed by atoms with Gasteiger partial charge in [-0.05, 0) is 44.4 Å². The summed E-state index contributed by atoms with van der Waals surface area (Å²) < 4.78 is 15.9. The highest BCUT2D eigenvalue weighted by molar-refractivity contribution is 5.76. The number of aliphatic hydroxyl groups is 1. The number of carbonyl (C=O) groups excluding carboxylic acids is 1. The molecule has 0 saturated carbocycles. The van der Waals surface area contributed by atoms with Crippen molar-refractivity contribution in [3.63, 3.8) is 0 Å². The van der Waals surface area contributed by atoms with Gasteiger partial charge in [-0.25, -0.2) is 0 Å². The second-order valence-electron chi connectivity index (χ2n) is 7.22. The fourth-order valence-corrected chi connectivity index (χ4v) is 3.94. The highest BCUT2D eigenvalue weighted by Gasteiger charge is 2.32. The van der Waals surface area contributed by atoms with Crippen molar-refractivity contribution in [2.45, 2.75) is 45.1 Å². The summed E-state index contributed by atoms with van der Waals surface area (Å²) in [6.07, 6.45) is 1.13. The third-order valence-electron chi connectivity index (χ3n) is 5.53. The highest BCUT2D eigenvalue weighted by atomic mass is 16.7. The van der Waals surface area contributed by atoms with Crippen LogP contribution >= 0.6 is 0 Å². The summed E-state index contributed by atoms with van der Waals surface area (Å²) in [5, 5.41) is 14.6. The summed E-state index contributed by atoms with van der Waals surface area (Å²) in [6, 6.07) is 5.78. The van der Waals surface area contributed by atoms with Crippen LogP contribution in [0.5, 0.6) is 11.5 Å². The molecule has 0 aliphatic carbocycles. The van der Waals surface area contributed by atoms with Crippen molar-refractivity contribution in [2.24, 2.45) is 0 Å². The first kappa shape index (κ1) is 17.9. The molecular formula is C20H24N2O5. The van der Waals surface area contributed by atoms with Crippen molar-refractivity contribution in [3.8, 4) is 11.5 Å². The number of benzene rings is 1. The van der Waals surface area contributed by atoms with Crippen LogP contribution in [0.25, 0.3) is 0 Å². The van der Waals surface area contributed by atoms with Crippen molar-refractivity contribution >= 4 is 5.91 Å². The molecule has 3 heterocycles. The Kier molecular flexibility index (Phi) is 4.78. The van der Waals surface area contributed by atoms with Gasteiger partial charge in [0, 0.05) is 31.0 Å². The van der Waals surface area contributed by atoms with Crippen LogP contribution < -0.4 is 9.47 Å². The summed E-state index contributed by atoms with van der Waals surface area (Å²) in [4.78, 5) is 14.3. The summed E-state index contributed by atoms with van der Waals surface area (Å²) in [5.74, 6) is 2.27. The van der Waals surface area contributed by atoms with Crippen LogP contribution in [0, 0.1) is 13.8 Å². The zero-order valence-corrected chi connectivity index (χ0v) is 15.6. The molecule has 4 rings (SSSR count). The number of piperidine rings is 1. The molecule has 0 bridgehead atoms. The van der Waals surface area contributed by atoms with Crippen LogP contribution in [0.15, 0.2) is 22.7 Å². The monoisotopic (exact) mass is 372 g/mol. The van der Waals surface area contributed by atoms with E-state index in [1.165, 1.54) is 0 Å². The molecule has 2 atom stereocenters. The van der Waals surface area contributed by atoms with Gasteiger partial charge >= 0.3 is 0 Å². The van der Waals surface area contributed by atoms with E-state index in [9.17, 15) is 9.90 Å². The summed E-state index contributed by atoms with van der Waals surface area (Å²) in [6.45, 7) is 4.97. The topological polar surface area (TPSA) is 85.0 Å². The molecule has 7 heteroatoms. The number of ether oxygens (including phenoxy) is 2. The molecule has 27 heavy (non-hydrogen) atoms. The summed E-state index contributed by atoms with van der Waals surface area (Å²) in [7, 11) is 0. The normalized spacial score (nSPS) is 21.5. The minimum atomic E-state index is -0.595. The van der Waals surface area contributed by atoms with Crippen molar-refractivity contribution in [3.05, 3.63) is 40.8 Å². The molecule has 1 aromatic carbocycles. The number of amides is 1. The van der Waals surface area contributed by atoms with Crippen molar-refractivity contribution < 1.29 is 23.9 Å². The van der Waals surface area contributed by atoms with Gasteiger partial charge in [0.25, 0.3) is 0 Å². The van der Waals surface area contributed by atoms with E-state index in [2.05, 4.69) is 5.16 Å². The first-order chi connectivity index (χ1) is 13.0. The minimum Gasteiger partial charge on any atom is -0.454 e. The van der Waals surface area contributed by atoms with E-state index >= 15 is 0 Å². The first-order valence-corrected chi connectivity index (χ1v) is 9.30. The van der Waals surface area contributed by atoms with Crippen LogP contribution in [-0.4, -0.2) is 47.1 Å². The van der Waals surface area contributed by atoms with Crippen LogP contribution in [0.1, 0.15) is 41.3 Å². The van der Waals surface area contributed by atoms with Gasteiger partial charge in [-0.3, -0.25) is 4.79 Å². The van der Waals surface area contributed by atoms with E-state index in [0.29, 0.717) is 25.9 Å². The van der Waals surface area contributed by atoms with Crippen LogP contribution in [0.4, 0.5) is 0 Å². The quantitative estimate of drug-likeness (QED) is 0.887. The molecule has 1 N–H and O–H groups in total. The maximum Gasteiger partial charge on any atom is 0.231 e. The number of nitrogens with zero attached hydrogens (tertiary/aromatic N) is 2. The molecule has 144 valence electrons. The molecule has 1 amide bonds. The zero-order valence-electron chi connectivity index (χ0n) is 15.6. The van der Waals surface area contributed by atoms with Crippen LogP contribution in [0.3, 0.4) is 0 Å². The summed E-state index contributed by atoms with van der Waals surface area (Å²) >= 11 is 0.